The number of carbonyl (C=O) groups is 2. The molecule has 0 radical (unpaired) electrons. The first-order chi connectivity index (χ1) is 8.66. The van der Waals surface area contributed by atoms with Gasteiger partial charge in [0.05, 0.1) is 11.3 Å². The fraction of sp³-hybridized carbons (Fsp3) is 0.111. The van der Waals surface area contributed by atoms with Gasteiger partial charge in [-0.15, -0.1) is 11.3 Å². The number of aromatic nitrogens is 3. The minimum absolute atomic E-state index is 0.172. The van der Waals surface area contributed by atoms with E-state index in [1.165, 1.54) is 29.4 Å². The third-order valence-electron chi connectivity index (χ3n) is 1.92. The second-order valence-electron chi connectivity index (χ2n) is 3.16. The van der Waals surface area contributed by atoms with Crippen LogP contribution in [0.5, 0.6) is 0 Å². The first-order valence-corrected chi connectivity index (χ1v) is 6.68. The molecule has 18 heavy (non-hydrogen) atoms. The lowest BCUT2D eigenvalue weighted by molar-refractivity contribution is -0.113. The molecule has 0 unspecified atom stereocenters. The zero-order valence-corrected chi connectivity index (χ0v) is 10.7. The summed E-state index contributed by atoms with van der Waals surface area (Å²) in [6, 6.07) is 1.58. The Hall–Kier alpha value is -1.87. The molecule has 94 valence electrons. The van der Waals surface area contributed by atoms with Gasteiger partial charge in [-0.1, -0.05) is 11.8 Å². The molecule has 0 spiro atoms. The van der Waals surface area contributed by atoms with Gasteiger partial charge in [0, 0.05) is 0 Å². The molecule has 0 aliphatic carbocycles. The molecular weight excluding hydrogens is 274 g/mol. The number of amides is 2. The maximum atomic E-state index is 11.6. The lowest BCUT2D eigenvalue weighted by Gasteiger charge is -2.03. The van der Waals surface area contributed by atoms with Gasteiger partial charge in [-0.2, -0.15) is 5.10 Å². The van der Waals surface area contributed by atoms with Crippen molar-refractivity contribution in [2.75, 3.05) is 11.1 Å². The first kappa shape index (κ1) is 12.6. The number of nitrogens with zero attached hydrogens (tertiary/aromatic N) is 2. The van der Waals surface area contributed by atoms with Crippen molar-refractivity contribution < 1.29 is 9.59 Å². The van der Waals surface area contributed by atoms with Crippen LogP contribution in [0.3, 0.4) is 0 Å². The molecule has 2 aromatic rings. The average Bonchev–Trinajstić information content (AvgIpc) is 2.96. The number of hydrogen-bond acceptors (Lipinski definition) is 6. The summed E-state index contributed by atoms with van der Waals surface area (Å²) in [6.07, 6.45) is 1.37. The lowest BCUT2D eigenvalue weighted by atomic mass is 10.3. The molecular formula is C9H9N5O2S2. The molecule has 9 heteroatoms. The smallest absolute Gasteiger partial charge is 0.251 e. The molecule has 0 fully saturated rings. The second-order valence-corrected chi connectivity index (χ2v) is 5.04. The first-order valence-electron chi connectivity index (χ1n) is 4.82. The summed E-state index contributed by atoms with van der Waals surface area (Å²) in [5, 5.41) is 11.6. The fourth-order valence-electron chi connectivity index (χ4n) is 1.16. The van der Waals surface area contributed by atoms with E-state index in [2.05, 4.69) is 20.5 Å². The van der Waals surface area contributed by atoms with Crippen molar-refractivity contribution in [2.24, 2.45) is 5.73 Å². The summed E-state index contributed by atoms with van der Waals surface area (Å²) in [6.45, 7) is 0. The van der Waals surface area contributed by atoms with E-state index in [-0.39, 0.29) is 11.7 Å². The Kier molecular flexibility index (Phi) is 3.95. The number of nitrogens with one attached hydrogen (secondary N) is 2. The van der Waals surface area contributed by atoms with E-state index in [1.54, 1.807) is 11.4 Å². The van der Waals surface area contributed by atoms with E-state index in [1.807, 2.05) is 0 Å². The predicted octanol–water partition coefficient (Wildman–Crippen LogP) is 0.696. The van der Waals surface area contributed by atoms with E-state index in [4.69, 9.17) is 5.73 Å². The van der Waals surface area contributed by atoms with Crippen molar-refractivity contribution in [1.82, 2.24) is 15.2 Å². The maximum absolute atomic E-state index is 11.6. The number of thiophene rings is 1. The van der Waals surface area contributed by atoms with Gasteiger partial charge in [0.15, 0.2) is 5.16 Å². The monoisotopic (exact) mass is 283 g/mol. The highest BCUT2D eigenvalue weighted by Gasteiger charge is 2.12. The number of nitrogens with two attached hydrogens (primary N) is 1. The summed E-state index contributed by atoms with van der Waals surface area (Å²) in [5.41, 5.74) is 5.49. The highest BCUT2D eigenvalue weighted by atomic mass is 32.2. The molecule has 0 aromatic carbocycles. The van der Waals surface area contributed by atoms with Crippen LogP contribution in [-0.2, 0) is 4.79 Å². The Morgan fingerprint density at radius 3 is 3.06 bits per heavy atom. The Morgan fingerprint density at radius 2 is 2.39 bits per heavy atom. The number of carbonyl (C=O) groups excluding carboxylic acids is 2. The highest BCUT2D eigenvalue weighted by molar-refractivity contribution is 7.99. The van der Waals surface area contributed by atoms with Gasteiger partial charge in [0.25, 0.3) is 5.91 Å². The summed E-state index contributed by atoms with van der Waals surface area (Å²) in [5.74, 6) is -0.624. The summed E-state index contributed by atoms with van der Waals surface area (Å²) in [4.78, 5) is 26.6. The van der Waals surface area contributed by atoms with Crippen LogP contribution >= 0.6 is 23.1 Å². The van der Waals surface area contributed by atoms with Crippen LogP contribution in [0.15, 0.2) is 22.9 Å². The fourth-order valence-corrected chi connectivity index (χ4v) is 2.55. The van der Waals surface area contributed by atoms with Crippen LogP contribution in [0.4, 0.5) is 5.00 Å². The van der Waals surface area contributed by atoms with E-state index in [0.717, 1.165) is 0 Å². The number of rotatable bonds is 5. The molecule has 2 aromatic heterocycles. The normalized spacial score (nSPS) is 10.2. The van der Waals surface area contributed by atoms with Crippen LogP contribution in [0.25, 0.3) is 0 Å². The van der Waals surface area contributed by atoms with Crippen molar-refractivity contribution in [3.63, 3.8) is 0 Å². The zero-order chi connectivity index (χ0) is 13.0. The Labute approximate surface area is 110 Å². The second kappa shape index (κ2) is 5.65. The SMILES string of the molecule is NC(=O)c1ccsc1NC(=O)CSc1ncn[nH]1. The number of aromatic amines is 1. The van der Waals surface area contributed by atoms with Crippen LogP contribution in [0, 0.1) is 0 Å². The molecule has 0 saturated heterocycles. The maximum Gasteiger partial charge on any atom is 0.251 e. The van der Waals surface area contributed by atoms with Crippen molar-refractivity contribution in [2.45, 2.75) is 5.16 Å². The van der Waals surface area contributed by atoms with Crippen molar-refractivity contribution in [3.05, 3.63) is 23.3 Å². The van der Waals surface area contributed by atoms with E-state index < -0.39 is 5.91 Å². The third kappa shape index (κ3) is 3.08. The largest absolute Gasteiger partial charge is 0.366 e. The molecule has 0 bridgehead atoms. The van der Waals surface area contributed by atoms with Gasteiger partial charge in [-0.3, -0.25) is 14.7 Å². The molecule has 0 atom stereocenters. The van der Waals surface area contributed by atoms with Gasteiger partial charge in [-0.25, -0.2) is 4.98 Å². The Bertz CT molecular complexity index is 551. The van der Waals surface area contributed by atoms with Gasteiger partial charge in [0.1, 0.15) is 11.3 Å². The zero-order valence-electron chi connectivity index (χ0n) is 9.04. The number of primary amides is 1. The number of anilines is 1. The molecule has 2 rings (SSSR count). The van der Waals surface area contributed by atoms with Crippen LogP contribution in [0.2, 0.25) is 0 Å². The summed E-state index contributed by atoms with van der Waals surface area (Å²) in [7, 11) is 0. The van der Waals surface area contributed by atoms with Crippen molar-refractivity contribution >= 4 is 39.9 Å². The summed E-state index contributed by atoms with van der Waals surface area (Å²) >= 11 is 2.47. The Balaban J connectivity index is 1.91. The molecule has 0 aliphatic rings. The highest BCUT2D eigenvalue weighted by Crippen LogP contribution is 2.23. The molecule has 0 aliphatic heterocycles. The minimum atomic E-state index is -0.561. The van der Waals surface area contributed by atoms with Crippen molar-refractivity contribution in [1.29, 1.82) is 0 Å². The topological polar surface area (TPSA) is 114 Å². The van der Waals surface area contributed by atoms with Gasteiger partial charge >= 0.3 is 0 Å². The van der Waals surface area contributed by atoms with Crippen molar-refractivity contribution in [3.8, 4) is 0 Å². The van der Waals surface area contributed by atoms with E-state index in [0.29, 0.717) is 15.7 Å². The van der Waals surface area contributed by atoms with E-state index >= 15 is 0 Å². The average molecular weight is 283 g/mol. The molecule has 2 amide bonds. The number of hydrogen-bond donors (Lipinski definition) is 3. The van der Waals surface area contributed by atoms with E-state index in [9.17, 15) is 9.59 Å². The van der Waals surface area contributed by atoms with Gasteiger partial charge in [0.2, 0.25) is 5.91 Å². The molecule has 7 nitrogen and oxygen atoms in total. The Morgan fingerprint density at radius 1 is 1.56 bits per heavy atom. The van der Waals surface area contributed by atoms with Crippen LogP contribution in [-0.4, -0.2) is 32.7 Å². The predicted molar refractivity (Wildman–Crippen MR) is 68.6 cm³/mol. The number of thioether (sulfide) groups is 1. The molecule has 2 heterocycles. The lowest BCUT2D eigenvalue weighted by Crippen LogP contribution is -2.17. The third-order valence-corrected chi connectivity index (χ3v) is 3.62. The molecule has 4 N–H and O–H groups in total. The van der Waals surface area contributed by atoms with Gasteiger partial charge < -0.3 is 11.1 Å². The number of H-pyrrole nitrogens is 1. The molecule has 0 saturated carbocycles. The minimum Gasteiger partial charge on any atom is -0.366 e. The van der Waals surface area contributed by atoms with Crippen LogP contribution in [0.1, 0.15) is 10.4 Å². The van der Waals surface area contributed by atoms with Crippen LogP contribution < -0.4 is 11.1 Å². The standard InChI is InChI=1S/C9H9N5O2S2/c10-7(16)5-1-2-17-8(5)13-6(15)3-18-9-11-4-12-14-9/h1-2,4H,3H2,(H2,10,16)(H,13,15)(H,11,12,14). The quantitative estimate of drug-likeness (QED) is 0.699. The van der Waals surface area contributed by atoms with Gasteiger partial charge in [-0.05, 0) is 11.4 Å². The summed E-state index contributed by atoms with van der Waals surface area (Å²) < 4.78 is 0.